The molecule has 2 rings (SSSR count). The first kappa shape index (κ1) is 16.1. The minimum absolute atomic E-state index is 0.0354. The third kappa shape index (κ3) is 3.88. The van der Waals surface area contributed by atoms with Crippen molar-refractivity contribution in [2.75, 3.05) is 6.54 Å². The molecule has 21 heavy (non-hydrogen) atoms. The topological polar surface area (TPSA) is 21.3 Å². The van der Waals surface area contributed by atoms with Gasteiger partial charge in [0.2, 0.25) is 0 Å². The second kappa shape index (κ2) is 7.12. The Morgan fingerprint density at radius 2 is 2.00 bits per heavy atom. The first-order valence-electron chi connectivity index (χ1n) is 6.67. The molecule has 1 atom stereocenters. The molecule has 0 fully saturated rings. The molecule has 1 N–H and O–H groups in total. The van der Waals surface area contributed by atoms with E-state index in [0.717, 1.165) is 12.1 Å². The molecule has 0 aliphatic carbocycles. The van der Waals surface area contributed by atoms with Crippen molar-refractivity contribution >= 4 is 23.2 Å². The number of rotatable bonds is 5. The van der Waals surface area contributed by atoms with Crippen molar-refractivity contribution in [1.82, 2.24) is 5.32 Å². The molecule has 2 aromatic rings. The number of hydrogen-bond acceptors (Lipinski definition) is 2. The molecule has 2 nitrogen and oxygen atoms in total. The Kier molecular flexibility index (Phi) is 5.45. The van der Waals surface area contributed by atoms with Gasteiger partial charge in [-0.05, 0) is 37.7 Å². The summed E-state index contributed by atoms with van der Waals surface area (Å²) in [6.07, 6.45) is 0. The van der Waals surface area contributed by atoms with E-state index in [4.69, 9.17) is 27.9 Å². The average Bonchev–Trinajstić information content (AvgIpc) is 2.43. The molecule has 1 unspecified atom stereocenters. The SMILES string of the molecule is CCNC(C)c1cccc(F)c1Oc1ccc(Cl)cc1Cl. The Morgan fingerprint density at radius 1 is 1.24 bits per heavy atom. The van der Waals surface area contributed by atoms with Crippen molar-refractivity contribution in [2.45, 2.75) is 19.9 Å². The summed E-state index contributed by atoms with van der Waals surface area (Å²) >= 11 is 11.9. The second-order valence-corrected chi connectivity index (χ2v) is 5.46. The zero-order chi connectivity index (χ0) is 15.4. The summed E-state index contributed by atoms with van der Waals surface area (Å²) in [4.78, 5) is 0. The van der Waals surface area contributed by atoms with E-state index in [9.17, 15) is 4.39 Å². The van der Waals surface area contributed by atoms with Crippen LogP contribution in [0.3, 0.4) is 0 Å². The zero-order valence-corrected chi connectivity index (χ0v) is 13.3. The Bertz CT molecular complexity index is 634. The first-order chi connectivity index (χ1) is 10.0. The molecular weight excluding hydrogens is 312 g/mol. The first-order valence-corrected chi connectivity index (χ1v) is 7.43. The maximum atomic E-state index is 14.1. The molecule has 0 aliphatic rings. The Hall–Kier alpha value is -1.29. The van der Waals surface area contributed by atoms with Gasteiger partial charge < -0.3 is 10.1 Å². The fourth-order valence-corrected chi connectivity index (χ4v) is 2.51. The van der Waals surface area contributed by atoms with E-state index in [1.165, 1.54) is 6.07 Å². The fourth-order valence-electron chi connectivity index (χ4n) is 2.06. The van der Waals surface area contributed by atoms with Crippen LogP contribution in [0, 0.1) is 5.82 Å². The van der Waals surface area contributed by atoms with E-state index in [1.54, 1.807) is 24.3 Å². The lowest BCUT2D eigenvalue weighted by molar-refractivity contribution is 0.426. The number of ether oxygens (including phenoxy) is 1. The van der Waals surface area contributed by atoms with Gasteiger partial charge in [-0.25, -0.2) is 4.39 Å². The number of para-hydroxylation sites is 1. The van der Waals surface area contributed by atoms with Gasteiger partial charge in [0.25, 0.3) is 0 Å². The van der Waals surface area contributed by atoms with E-state index in [0.29, 0.717) is 15.8 Å². The minimum Gasteiger partial charge on any atom is -0.452 e. The summed E-state index contributed by atoms with van der Waals surface area (Å²) in [6, 6.07) is 9.65. The van der Waals surface area contributed by atoms with Gasteiger partial charge >= 0.3 is 0 Å². The van der Waals surface area contributed by atoms with Crippen molar-refractivity contribution in [1.29, 1.82) is 0 Å². The highest BCUT2D eigenvalue weighted by molar-refractivity contribution is 6.35. The number of benzene rings is 2. The number of halogens is 3. The highest BCUT2D eigenvalue weighted by atomic mass is 35.5. The lowest BCUT2D eigenvalue weighted by atomic mass is 10.1. The highest BCUT2D eigenvalue weighted by Crippen LogP contribution is 2.36. The molecule has 2 aromatic carbocycles. The molecule has 0 bridgehead atoms. The average molecular weight is 328 g/mol. The van der Waals surface area contributed by atoms with E-state index in [2.05, 4.69) is 5.32 Å². The molecule has 0 aromatic heterocycles. The lowest BCUT2D eigenvalue weighted by Crippen LogP contribution is -2.18. The minimum atomic E-state index is -0.428. The van der Waals surface area contributed by atoms with Crippen molar-refractivity contribution in [3.63, 3.8) is 0 Å². The van der Waals surface area contributed by atoms with Gasteiger partial charge in [-0.15, -0.1) is 0 Å². The Balaban J connectivity index is 2.38. The van der Waals surface area contributed by atoms with Gasteiger partial charge in [-0.2, -0.15) is 0 Å². The smallest absolute Gasteiger partial charge is 0.167 e. The van der Waals surface area contributed by atoms with Crippen molar-refractivity contribution in [3.8, 4) is 11.5 Å². The van der Waals surface area contributed by atoms with Crippen LogP contribution in [0.1, 0.15) is 25.5 Å². The van der Waals surface area contributed by atoms with Gasteiger partial charge in [-0.1, -0.05) is 42.3 Å². The van der Waals surface area contributed by atoms with Crippen LogP contribution in [-0.4, -0.2) is 6.54 Å². The maximum Gasteiger partial charge on any atom is 0.167 e. The molecule has 0 spiro atoms. The summed E-state index contributed by atoms with van der Waals surface area (Å²) < 4.78 is 19.8. The predicted octanol–water partition coefficient (Wildman–Crippen LogP) is 5.60. The molecule has 112 valence electrons. The third-order valence-corrected chi connectivity index (χ3v) is 3.61. The molecule has 0 amide bonds. The van der Waals surface area contributed by atoms with Crippen molar-refractivity contribution in [3.05, 3.63) is 57.8 Å². The van der Waals surface area contributed by atoms with Gasteiger partial charge in [0.15, 0.2) is 11.6 Å². The molecule has 0 saturated carbocycles. The van der Waals surface area contributed by atoms with E-state index >= 15 is 0 Å². The molecular formula is C16H16Cl2FNO. The normalized spacial score (nSPS) is 12.2. The molecule has 0 radical (unpaired) electrons. The molecule has 5 heteroatoms. The highest BCUT2D eigenvalue weighted by Gasteiger charge is 2.17. The quantitative estimate of drug-likeness (QED) is 0.772. The van der Waals surface area contributed by atoms with Gasteiger partial charge in [0, 0.05) is 16.6 Å². The second-order valence-electron chi connectivity index (χ2n) is 4.61. The third-order valence-electron chi connectivity index (χ3n) is 3.08. The Labute approximate surface area is 133 Å². The maximum absolute atomic E-state index is 14.1. The van der Waals surface area contributed by atoms with Gasteiger partial charge in [0.05, 0.1) is 5.02 Å². The standard InChI is InChI=1S/C16H16Cl2FNO/c1-3-20-10(2)12-5-4-6-14(19)16(12)21-15-8-7-11(17)9-13(15)18/h4-10,20H,3H2,1-2H3. The van der Waals surface area contributed by atoms with Crippen LogP contribution < -0.4 is 10.1 Å². The summed E-state index contributed by atoms with van der Waals surface area (Å²) in [6.45, 7) is 4.72. The zero-order valence-electron chi connectivity index (χ0n) is 11.8. The van der Waals surface area contributed by atoms with Crippen LogP contribution in [0.25, 0.3) is 0 Å². The lowest BCUT2D eigenvalue weighted by Gasteiger charge is -2.18. The van der Waals surface area contributed by atoms with Crippen LogP contribution in [-0.2, 0) is 0 Å². The number of nitrogens with one attached hydrogen (secondary N) is 1. The Morgan fingerprint density at radius 3 is 2.67 bits per heavy atom. The van der Waals surface area contributed by atoms with Gasteiger partial charge in [-0.3, -0.25) is 0 Å². The monoisotopic (exact) mass is 327 g/mol. The predicted molar refractivity (Wildman–Crippen MR) is 85.0 cm³/mol. The van der Waals surface area contributed by atoms with Crippen LogP contribution in [0.2, 0.25) is 10.0 Å². The van der Waals surface area contributed by atoms with Crippen LogP contribution >= 0.6 is 23.2 Å². The summed E-state index contributed by atoms with van der Waals surface area (Å²) in [5.41, 5.74) is 0.739. The van der Waals surface area contributed by atoms with E-state index in [1.807, 2.05) is 19.9 Å². The summed E-state index contributed by atoms with van der Waals surface area (Å²) in [5, 5.41) is 4.08. The van der Waals surface area contributed by atoms with Crippen LogP contribution in [0.4, 0.5) is 4.39 Å². The number of hydrogen-bond donors (Lipinski definition) is 1. The summed E-state index contributed by atoms with van der Waals surface area (Å²) in [7, 11) is 0. The largest absolute Gasteiger partial charge is 0.452 e. The van der Waals surface area contributed by atoms with Crippen molar-refractivity contribution < 1.29 is 9.13 Å². The van der Waals surface area contributed by atoms with E-state index in [-0.39, 0.29) is 11.8 Å². The van der Waals surface area contributed by atoms with Gasteiger partial charge in [0.1, 0.15) is 5.75 Å². The molecule has 0 aliphatic heterocycles. The summed E-state index contributed by atoms with van der Waals surface area (Å²) in [5.74, 6) is 0.120. The molecule has 0 heterocycles. The molecule has 0 saturated heterocycles. The van der Waals surface area contributed by atoms with Crippen LogP contribution in [0.15, 0.2) is 36.4 Å². The fraction of sp³-hybridized carbons (Fsp3) is 0.250. The van der Waals surface area contributed by atoms with Crippen LogP contribution in [0.5, 0.6) is 11.5 Å². The van der Waals surface area contributed by atoms with Crippen molar-refractivity contribution in [2.24, 2.45) is 0 Å². The van der Waals surface area contributed by atoms with E-state index < -0.39 is 5.82 Å².